The van der Waals surface area contributed by atoms with Crippen molar-refractivity contribution >= 4 is 33.2 Å². The minimum atomic E-state index is -3.91. The lowest BCUT2D eigenvalue weighted by atomic mass is 10.2. The molecule has 0 fully saturated rings. The van der Waals surface area contributed by atoms with E-state index in [1.54, 1.807) is 19.9 Å². The summed E-state index contributed by atoms with van der Waals surface area (Å²) in [6.45, 7) is 2.35. The molecule has 1 rings (SSSR count). The van der Waals surface area contributed by atoms with Gasteiger partial charge >= 0.3 is 0 Å². The number of benzene rings is 1. The van der Waals surface area contributed by atoms with Crippen LogP contribution < -0.4 is 4.72 Å². The van der Waals surface area contributed by atoms with Gasteiger partial charge in [-0.1, -0.05) is 23.2 Å². The Kier molecular flexibility index (Phi) is 5.61. The molecule has 108 valence electrons. The highest BCUT2D eigenvalue weighted by atomic mass is 35.5. The SMILES string of the molecule is Cc1cc(Cl)c(C)c(S(=O)(=O)NCC(O)CO)c1Cl. The molecule has 0 heterocycles. The summed E-state index contributed by atoms with van der Waals surface area (Å²) in [6.07, 6.45) is -1.17. The molecule has 0 bridgehead atoms. The number of halogens is 2. The first-order chi connectivity index (χ1) is 8.70. The Morgan fingerprint density at radius 1 is 1.37 bits per heavy atom. The van der Waals surface area contributed by atoms with Crippen LogP contribution in [-0.4, -0.2) is 37.9 Å². The number of hydrogen-bond acceptors (Lipinski definition) is 4. The van der Waals surface area contributed by atoms with E-state index in [1.165, 1.54) is 0 Å². The third-order valence-corrected chi connectivity index (χ3v) is 5.16. The lowest BCUT2D eigenvalue weighted by molar-refractivity contribution is 0.0988. The molecule has 5 nitrogen and oxygen atoms in total. The quantitative estimate of drug-likeness (QED) is 0.759. The Labute approximate surface area is 122 Å². The van der Waals surface area contributed by atoms with E-state index in [2.05, 4.69) is 4.72 Å². The molecule has 0 aliphatic rings. The molecule has 0 spiro atoms. The second-order valence-electron chi connectivity index (χ2n) is 4.13. The lowest BCUT2D eigenvalue weighted by Gasteiger charge is -2.15. The van der Waals surface area contributed by atoms with Gasteiger partial charge in [0.05, 0.1) is 17.7 Å². The molecule has 0 aliphatic carbocycles. The molecule has 8 heteroatoms. The first-order valence-electron chi connectivity index (χ1n) is 5.44. The van der Waals surface area contributed by atoms with Crippen LogP contribution in [0.25, 0.3) is 0 Å². The third kappa shape index (κ3) is 3.81. The predicted molar refractivity (Wildman–Crippen MR) is 74.2 cm³/mol. The maximum Gasteiger partial charge on any atom is 0.242 e. The molecule has 0 saturated carbocycles. The second kappa shape index (κ2) is 6.39. The van der Waals surface area contributed by atoms with Gasteiger partial charge in [-0.05, 0) is 31.0 Å². The summed E-state index contributed by atoms with van der Waals surface area (Å²) in [5, 5.41) is 18.2. The molecular weight excluding hydrogens is 313 g/mol. The molecule has 1 aromatic rings. The first kappa shape index (κ1) is 16.7. The molecule has 3 N–H and O–H groups in total. The molecule has 1 unspecified atom stereocenters. The van der Waals surface area contributed by atoms with E-state index in [0.29, 0.717) is 16.1 Å². The molecule has 0 aromatic heterocycles. The molecule has 0 saturated heterocycles. The van der Waals surface area contributed by atoms with E-state index in [0.717, 1.165) is 0 Å². The van der Waals surface area contributed by atoms with Crippen LogP contribution in [-0.2, 0) is 10.0 Å². The standard InChI is InChI=1S/C11H15Cl2NO4S/c1-6-3-9(12)7(2)11(10(6)13)19(17,18)14-4-8(16)5-15/h3,8,14-16H,4-5H2,1-2H3. The van der Waals surface area contributed by atoms with E-state index in [-0.39, 0.29) is 16.5 Å². The van der Waals surface area contributed by atoms with E-state index in [1.807, 2.05) is 0 Å². The smallest absolute Gasteiger partial charge is 0.242 e. The van der Waals surface area contributed by atoms with Gasteiger partial charge in [0.1, 0.15) is 4.90 Å². The first-order valence-corrected chi connectivity index (χ1v) is 7.68. The number of rotatable bonds is 5. The number of aliphatic hydroxyl groups excluding tert-OH is 2. The molecule has 1 atom stereocenters. The van der Waals surface area contributed by atoms with Gasteiger partial charge in [0.2, 0.25) is 10.0 Å². The van der Waals surface area contributed by atoms with Crippen LogP contribution in [0.2, 0.25) is 10.0 Å². The second-order valence-corrected chi connectivity index (χ2v) is 6.62. The van der Waals surface area contributed by atoms with Crippen LogP contribution in [0.5, 0.6) is 0 Å². The monoisotopic (exact) mass is 327 g/mol. The maximum atomic E-state index is 12.2. The number of sulfonamides is 1. The average molecular weight is 328 g/mol. The molecule has 0 aliphatic heterocycles. The van der Waals surface area contributed by atoms with Crippen molar-refractivity contribution in [3.05, 3.63) is 27.2 Å². The highest BCUT2D eigenvalue weighted by molar-refractivity contribution is 7.89. The summed E-state index contributed by atoms with van der Waals surface area (Å²) in [5.41, 5.74) is 0.878. The molecular formula is C11H15Cl2NO4S. The van der Waals surface area contributed by atoms with Crippen LogP contribution >= 0.6 is 23.2 Å². The van der Waals surface area contributed by atoms with Crippen LogP contribution in [0.1, 0.15) is 11.1 Å². The van der Waals surface area contributed by atoms with Crippen LogP contribution in [0, 0.1) is 13.8 Å². The summed E-state index contributed by atoms with van der Waals surface area (Å²) < 4.78 is 26.5. The van der Waals surface area contributed by atoms with Gasteiger partial charge < -0.3 is 10.2 Å². The molecule has 0 amide bonds. The Hall–Kier alpha value is -0.370. The van der Waals surface area contributed by atoms with E-state index >= 15 is 0 Å². The number of nitrogens with one attached hydrogen (secondary N) is 1. The number of aliphatic hydroxyl groups is 2. The zero-order valence-electron chi connectivity index (χ0n) is 10.4. The third-order valence-electron chi connectivity index (χ3n) is 2.58. The minimum Gasteiger partial charge on any atom is -0.394 e. The van der Waals surface area contributed by atoms with Crippen molar-refractivity contribution in [1.82, 2.24) is 4.72 Å². The minimum absolute atomic E-state index is 0.0906. The fourth-order valence-corrected chi connectivity index (χ4v) is 3.76. The average Bonchev–Trinajstić information content (AvgIpc) is 2.33. The van der Waals surface area contributed by atoms with Gasteiger partial charge in [-0.25, -0.2) is 13.1 Å². The van der Waals surface area contributed by atoms with Crippen LogP contribution in [0.15, 0.2) is 11.0 Å². The van der Waals surface area contributed by atoms with Crippen molar-refractivity contribution in [3.8, 4) is 0 Å². The Bertz CT molecular complexity index is 548. The van der Waals surface area contributed by atoms with Crippen molar-refractivity contribution < 1.29 is 18.6 Å². The highest BCUT2D eigenvalue weighted by Crippen LogP contribution is 2.33. The Morgan fingerprint density at radius 3 is 2.47 bits per heavy atom. The largest absolute Gasteiger partial charge is 0.394 e. The van der Waals surface area contributed by atoms with Crippen molar-refractivity contribution in [2.24, 2.45) is 0 Å². The van der Waals surface area contributed by atoms with Crippen molar-refractivity contribution in [3.63, 3.8) is 0 Å². The van der Waals surface area contributed by atoms with E-state index in [9.17, 15) is 13.5 Å². The maximum absolute atomic E-state index is 12.2. The van der Waals surface area contributed by atoms with Gasteiger partial charge in [0.25, 0.3) is 0 Å². The molecule has 0 radical (unpaired) electrons. The Balaban J connectivity index is 3.22. The topological polar surface area (TPSA) is 86.6 Å². The Morgan fingerprint density at radius 2 is 1.95 bits per heavy atom. The van der Waals surface area contributed by atoms with E-state index in [4.69, 9.17) is 28.3 Å². The van der Waals surface area contributed by atoms with Gasteiger partial charge in [-0.3, -0.25) is 0 Å². The zero-order valence-corrected chi connectivity index (χ0v) is 12.8. The van der Waals surface area contributed by atoms with E-state index < -0.39 is 22.7 Å². The van der Waals surface area contributed by atoms with Crippen LogP contribution in [0.4, 0.5) is 0 Å². The summed E-state index contributed by atoms with van der Waals surface area (Å²) in [5.74, 6) is 0. The lowest BCUT2D eigenvalue weighted by Crippen LogP contribution is -2.34. The number of aryl methyl sites for hydroxylation is 1. The fraction of sp³-hybridized carbons (Fsp3) is 0.455. The fourth-order valence-electron chi connectivity index (χ4n) is 1.48. The summed E-state index contributed by atoms with van der Waals surface area (Å²) in [6, 6.07) is 1.58. The normalized spacial score (nSPS) is 13.6. The van der Waals surface area contributed by atoms with Crippen molar-refractivity contribution in [2.45, 2.75) is 24.8 Å². The summed E-state index contributed by atoms with van der Waals surface area (Å²) in [7, 11) is -3.91. The zero-order chi connectivity index (χ0) is 14.8. The number of hydrogen-bond donors (Lipinski definition) is 3. The van der Waals surface area contributed by atoms with Gasteiger partial charge in [0.15, 0.2) is 0 Å². The predicted octanol–water partition coefficient (Wildman–Crippen LogP) is 1.24. The van der Waals surface area contributed by atoms with Crippen LogP contribution in [0.3, 0.4) is 0 Å². The van der Waals surface area contributed by atoms with Crippen molar-refractivity contribution in [1.29, 1.82) is 0 Å². The van der Waals surface area contributed by atoms with Gasteiger partial charge in [-0.15, -0.1) is 0 Å². The summed E-state index contributed by atoms with van der Waals surface area (Å²) in [4.78, 5) is -0.107. The van der Waals surface area contributed by atoms with Crippen molar-refractivity contribution in [2.75, 3.05) is 13.2 Å². The van der Waals surface area contributed by atoms with Gasteiger partial charge in [0, 0.05) is 11.6 Å². The van der Waals surface area contributed by atoms with Gasteiger partial charge in [-0.2, -0.15) is 0 Å². The summed E-state index contributed by atoms with van der Waals surface area (Å²) >= 11 is 12.0. The molecule has 1 aromatic carbocycles. The highest BCUT2D eigenvalue weighted by Gasteiger charge is 2.24. The molecule has 19 heavy (non-hydrogen) atoms.